The van der Waals surface area contributed by atoms with Crippen LogP contribution < -0.4 is 20.5 Å². The summed E-state index contributed by atoms with van der Waals surface area (Å²) in [6, 6.07) is 4.84. The van der Waals surface area contributed by atoms with E-state index in [0.717, 1.165) is 18.2 Å². The van der Waals surface area contributed by atoms with E-state index in [-0.39, 0.29) is 30.0 Å². The summed E-state index contributed by atoms with van der Waals surface area (Å²) in [5, 5.41) is 4.18. The summed E-state index contributed by atoms with van der Waals surface area (Å²) in [5.41, 5.74) is 5.68. The second kappa shape index (κ2) is 7.26. The van der Waals surface area contributed by atoms with E-state index in [1.165, 1.54) is 7.11 Å². The van der Waals surface area contributed by atoms with Crippen LogP contribution in [0, 0.1) is 11.8 Å². The second-order valence-electron chi connectivity index (χ2n) is 7.32. The molecule has 1 aliphatic heterocycles. The fraction of sp³-hybridized carbons (Fsp3) is 0.450. The van der Waals surface area contributed by atoms with E-state index in [2.05, 4.69) is 10.3 Å². The summed E-state index contributed by atoms with van der Waals surface area (Å²) in [7, 11) is 1.46. The number of carbonyl (C=O) groups is 2. The summed E-state index contributed by atoms with van der Waals surface area (Å²) >= 11 is 0. The Labute approximate surface area is 161 Å². The molecule has 1 aromatic carbocycles. The second-order valence-corrected chi connectivity index (χ2v) is 7.32. The maximum atomic E-state index is 14.2. The fourth-order valence-electron chi connectivity index (χ4n) is 3.98. The number of amides is 2. The lowest BCUT2D eigenvalue weighted by Crippen LogP contribution is -2.31. The van der Waals surface area contributed by atoms with E-state index in [9.17, 15) is 14.0 Å². The molecule has 3 atom stereocenters. The van der Waals surface area contributed by atoms with E-state index >= 15 is 0 Å². The van der Waals surface area contributed by atoms with Gasteiger partial charge in [0.2, 0.25) is 5.88 Å². The minimum Gasteiger partial charge on any atom is -0.496 e. The van der Waals surface area contributed by atoms with Crippen molar-refractivity contribution >= 4 is 22.6 Å². The standard InChI is InChI=1S/C20H22FN3O4/c1-27-15-9-12-11(8-13(15)18(22)25)4-6-23-20(12)28-7-5-14-16(10-2-3-10)17(21)19(26)24-14/h4,6,8-10,14,16-17H,2-3,5,7H2,1H3,(H2,22,25)(H,24,26)/t14-,16+,17-/m1/s1. The number of fused-ring (bicyclic) bond motifs is 1. The number of halogens is 1. The molecule has 28 heavy (non-hydrogen) atoms. The highest BCUT2D eigenvalue weighted by molar-refractivity contribution is 6.01. The number of alkyl halides is 1. The Balaban J connectivity index is 1.50. The highest BCUT2D eigenvalue weighted by Crippen LogP contribution is 2.44. The molecule has 0 unspecified atom stereocenters. The Morgan fingerprint density at radius 3 is 2.86 bits per heavy atom. The van der Waals surface area contributed by atoms with Crippen LogP contribution in [0.4, 0.5) is 4.39 Å². The number of methoxy groups -OCH3 is 1. The third kappa shape index (κ3) is 3.34. The molecule has 7 nitrogen and oxygen atoms in total. The van der Waals surface area contributed by atoms with Gasteiger partial charge in [-0.2, -0.15) is 0 Å². The highest BCUT2D eigenvalue weighted by atomic mass is 19.1. The van der Waals surface area contributed by atoms with E-state index in [0.29, 0.717) is 23.4 Å². The van der Waals surface area contributed by atoms with Crippen LogP contribution in [-0.4, -0.2) is 42.7 Å². The van der Waals surface area contributed by atoms with Crippen molar-refractivity contribution in [1.82, 2.24) is 10.3 Å². The summed E-state index contributed by atoms with van der Waals surface area (Å²) in [6.07, 6.45) is 2.61. The van der Waals surface area contributed by atoms with Crippen molar-refractivity contribution in [3.8, 4) is 11.6 Å². The number of hydrogen-bond acceptors (Lipinski definition) is 5. The molecule has 3 N–H and O–H groups in total. The van der Waals surface area contributed by atoms with Gasteiger partial charge in [0.25, 0.3) is 11.8 Å². The fourth-order valence-corrected chi connectivity index (χ4v) is 3.98. The number of ether oxygens (including phenoxy) is 2. The molecule has 0 spiro atoms. The van der Waals surface area contributed by atoms with Crippen LogP contribution in [-0.2, 0) is 4.79 Å². The smallest absolute Gasteiger partial charge is 0.255 e. The largest absolute Gasteiger partial charge is 0.496 e. The van der Waals surface area contributed by atoms with Crippen LogP contribution in [0.1, 0.15) is 29.6 Å². The third-order valence-corrected chi connectivity index (χ3v) is 5.53. The quantitative estimate of drug-likeness (QED) is 0.756. The van der Waals surface area contributed by atoms with Crippen LogP contribution in [0.25, 0.3) is 10.8 Å². The molecule has 4 rings (SSSR count). The number of nitrogens with zero attached hydrogens (tertiary/aromatic N) is 1. The first-order valence-electron chi connectivity index (χ1n) is 9.33. The van der Waals surface area contributed by atoms with Gasteiger partial charge in [-0.1, -0.05) is 0 Å². The zero-order valence-corrected chi connectivity index (χ0v) is 15.5. The van der Waals surface area contributed by atoms with Crippen molar-refractivity contribution in [2.24, 2.45) is 17.6 Å². The normalized spacial score (nSPS) is 24.2. The van der Waals surface area contributed by atoms with Gasteiger partial charge in [0.15, 0.2) is 6.17 Å². The first kappa shape index (κ1) is 18.5. The molecule has 0 radical (unpaired) electrons. The van der Waals surface area contributed by atoms with E-state index in [4.69, 9.17) is 15.2 Å². The van der Waals surface area contributed by atoms with E-state index < -0.39 is 18.0 Å². The number of benzene rings is 1. The average Bonchev–Trinajstić information content (AvgIpc) is 3.47. The molecule has 0 bridgehead atoms. The molecule has 1 aliphatic carbocycles. The van der Waals surface area contributed by atoms with Gasteiger partial charge in [0.05, 0.1) is 19.3 Å². The minimum atomic E-state index is -1.43. The molecule has 148 valence electrons. The van der Waals surface area contributed by atoms with Gasteiger partial charge >= 0.3 is 0 Å². The van der Waals surface area contributed by atoms with Crippen LogP contribution in [0.2, 0.25) is 0 Å². The molecule has 2 fully saturated rings. The van der Waals surface area contributed by atoms with E-state index in [1.807, 2.05) is 0 Å². The lowest BCUT2D eigenvalue weighted by Gasteiger charge is -2.19. The molecule has 2 aromatic rings. The predicted octanol–water partition coefficient (Wildman–Crippen LogP) is 1.97. The van der Waals surface area contributed by atoms with Crippen molar-refractivity contribution in [3.05, 3.63) is 30.0 Å². The van der Waals surface area contributed by atoms with Crippen molar-refractivity contribution in [2.75, 3.05) is 13.7 Å². The SMILES string of the molecule is COc1cc2c(OCC[C@H]3NC(=O)[C@H](F)[C@H]3C3CC3)nccc2cc1C(N)=O. The molecular formula is C20H22FN3O4. The van der Waals surface area contributed by atoms with Crippen LogP contribution in [0.3, 0.4) is 0 Å². The first-order chi connectivity index (χ1) is 13.5. The van der Waals surface area contributed by atoms with E-state index in [1.54, 1.807) is 24.4 Å². The number of rotatable bonds is 7. The maximum absolute atomic E-state index is 14.2. The van der Waals surface area contributed by atoms with Crippen LogP contribution in [0.15, 0.2) is 24.4 Å². The summed E-state index contributed by atoms with van der Waals surface area (Å²) in [5.74, 6) is -0.359. The number of nitrogens with two attached hydrogens (primary N) is 1. The molecule has 1 saturated heterocycles. The molecule has 8 heteroatoms. The Morgan fingerprint density at radius 2 is 2.18 bits per heavy atom. The molecule has 2 amide bonds. The van der Waals surface area contributed by atoms with Crippen LogP contribution in [0.5, 0.6) is 11.6 Å². The molecule has 1 aromatic heterocycles. The van der Waals surface area contributed by atoms with Gasteiger partial charge < -0.3 is 20.5 Å². The Bertz CT molecular complexity index is 931. The summed E-state index contributed by atoms with van der Waals surface area (Å²) < 4.78 is 25.2. The molecule has 2 aliphatic rings. The number of primary amides is 1. The molecule has 1 saturated carbocycles. The molecule has 2 heterocycles. The van der Waals surface area contributed by atoms with Crippen molar-refractivity contribution < 1.29 is 23.5 Å². The number of pyridine rings is 1. The topological polar surface area (TPSA) is 104 Å². The van der Waals surface area contributed by atoms with Crippen molar-refractivity contribution in [3.63, 3.8) is 0 Å². The number of hydrogen-bond donors (Lipinski definition) is 2. The Kier molecular flexibility index (Phi) is 4.78. The van der Waals surface area contributed by atoms with Gasteiger partial charge in [0.1, 0.15) is 5.75 Å². The summed E-state index contributed by atoms with van der Waals surface area (Å²) in [4.78, 5) is 27.6. The predicted molar refractivity (Wildman–Crippen MR) is 100.0 cm³/mol. The maximum Gasteiger partial charge on any atom is 0.255 e. The van der Waals surface area contributed by atoms with Crippen molar-refractivity contribution in [1.29, 1.82) is 0 Å². The Hall–Kier alpha value is -2.90. The number of nitrogens with one attached hydrogen (secondary N) is 1. The van der Waals surface area contributed by atoms with Gasteiger partial charge in [-0.3, -0.25) is 9.59 Å². The Morgan fingerprint density at radius 1 is 1.39 bits per heavy atom. The van der Waals surface area contributed by atoms with Crippen LogP contribution >= 0.6 is 0 Å². The number of aromatic nitrogens is 1. The van der Waals surface area contributed by atoms with Crippen molar-refractivity contribution in [2.45, 2.75) is 31.5 Å². The summed E-state index contributed by atoms with van der Waals surface area (Å²) in [6.45, 7) is 0.285. The first-order valence-corrected chi connectivity index (χ1v) is 9.33. The highest BCUT2D eigenvalue weighted by Gasteiger charge is 2.49. The minimum absolute atomic E-state index is 0.221. The van der Waals surface area contributed by atoms with Gasteiger partial charge in [-0.25, -0.2) is 9.37 Å². The lowest BCUT2D eigenvalue weighted by molar-refractivity contribution is -0.124. The monoisotopic (exact) mass is 387 g/mol. The molecular weight excluding hydrogens is 365 g/mol. The average molecular weight is 387 g/mol. The van der Waals surface area contributed by atoms with Gasteiger partial charge in [0, 0.05) is 30.0 Å². The van der Waals surface area contributed by atoms with Gasteiger partial charge in [-0.15, -0.1) is 0 Å². The zero-order chi connectivity index (χ0) is 19.8. The third-order valence-electron chi connectivity index (χ3n) is 5.53. The number of carbonyl (C=O) groups excluding carboxylic acids is 2. The zero-order valence-electron chi connectivity index (χ0n) is 15.5. The lowest BCUT2D eigenvalue weighted by atomic mass is 9.92. The van der Waals surface area contributed by atoms with Gasteiger partial charge in [-0.05, 0) is 42.3 Å².